The molecule has 2 aromatic rings. The highest BCUT2D eigenvalue weighted by Gasteiger charge is 2.16. The molecule has 0 aliphatic carbocycles. The van der Waals surface area contributed by atoms with Crippen LogP contribution < -0.4 is 20.9 Å². The van der Waals surface area contributed by atoms with E-state index in [2.05, 4.69) is 0 Å². The lowest BCUT2D eigenvalue weighted by Gasteiger charge is -2.16. The minimum absolute atomic E-state index is 0.179. The first-order chi connectivity index (χ1) is 9.49. The molecule has 0 saturated carbocycles. The van der Waals surface area contributed by atoms with Crippen LogP contribution >= 0.6 is 0 Å². The van der Waals surface area contributed by atoms with Gasteiger partial charge in [0.25, 0.3) is 0 Å². The van der Waals surface area contributed by atoms with Crippen molar-refractivity contribution in [3.8, 4) is 22.6 Å². The predicted octanol–water partition coefficient (Wildman–Crippen LogP) is 2.98. The van der Waals surface area contributed by atoms with Gasteiger partial charge in [-0.05, 0) is 30.2 Å². The van der Waals surface area contributed by atoms with Crippen molar-refractivity contribution in [3.63, 3.8) is 0 Å². The number of methoxy groups -OCH3 is 2. The second-order valence-corrected chi connectivity index (χ2v) is 4.43. The molecule has 4 N–H and O–H groups in total. The first kappa shape index (κ1) is 14.0. The Morgan fingerprint density at radius 2 is 1.65 bits per heavy atom. The molecule has 2 rings (SSSR count). The van der Waals surface area contributed by atoms with E-state index < -0.39 is 5.82 Å². The summed E-state index contributed by atoms with van der Waals surface area (Å²) in [5, 5.41) is 0. The van der Waals surface area contributed by atoms with E-state index in [9.17, 15) is 4.39 Å². The summed E-state index contributed by atoms with van der Waals surface area (Å²) < 4.78 is 24.1. The van der Waals surface area contributed by atoms with Crippen molar-refractivity contribution in [2.75, 3.05) is 25.7 Å². The smallest absolute Gasteiger partial charge is 0.165 e. The first-order valence-electron chi connectivity index (χ1n) is 6.06. The Bertz CT molecular complexity index is 657. The maximum Gasteiger partial charge on any atom is 0.165 e. The van der Waals surface area contributed by atoms with Gasteiger partial charge in [-0.25, -0.2) is 4.39 Å². The molecule has 0 heterocycles. The Hall–Kier alpha value is -2.43. The van der Waals surface area contributed by atoms with Crippen LogP contribution in [0.4, 0.5) is 15.8 Å². The Morgan fingerprint density at radius 3 is 2.20 bits per heavy atom. The number of nitrogens with two attached hydrogens (primary N) is 2. The van der Waals surface area contributed by atoms with Crippen LogP contribution in [0.2, 0.25) is 0 Å². The lowest BCUT2D eigenvalue weighted by molar-refractivity contribution is 0.386. The summed E-state index contributed by atoms with van der Waals surface area (Å²) >= 11 is 0. The van der Waals surface area contributed by atoms with Gasteiger partial charge in [-0.2, -0.15) is 0 Å². The van der Waals surface area contributed by atoms with Crippen LogP contribution in [0.3, 0.4) is 0 Å². The molecule has 0 radical (unpaired) electrons. The molecule has 20 heavy (non-hydrogen) atoms. The summed E-state index contributed by atoms with van der Waals surface area (Å²) in [5.41, 5.74) is 15.0. The summed E-state index contributed by atoms with van der Waals surface area (Å²) in [6.45, 7) is 1.81. The molecule has 5 heteroatoms. The van der Waals surface area contributed by atoms with E-state index in [0.717, 1.165) is 5.56 Å². The largest absolute Gasteiger partial charge is 0.496 e. The Kier molecular flexibility index (Phi) is 3.70. The van der Waals surface area contributed by atoms with Crippen LogP contribution in [0.5, 0.6) is 11.5 Å². The van der Waals surface area contributed by atoms with Crippen LogP contribution in [0, 0.1) is 12.7 Å². The van der Waals surface area contributed by atoms with Crippen molar-refractivity contribution < 1.29 is 13.9 Å². The monoisotopic (exact) mass is 276 g/mol. The van der Waals surface area contributed by atoms with Crippen LogP contribution in [0.1, 0.15) is 5.56 Å². The number of hydrogen-bond donors (Lipinski definition) is 2. The van der Waals surface area contributed by atoms with Crippen molar-refractivity contribution >= 4 is 11.4 Å². The number of rotatable bonds is 3. The molecule has 0 bridgehead atoms. The molecule has 0 spiro atoms. The number of benzene rings is 2. The van der Waals surface area contributed by atoms with Crippen LogP contribution in [-0.4, -0.2) is 14.2 Å². The average molecular weight is 276 g/mol. The first-order valence-corrected chi connectivity index (χ1v) is 6.06. The van der Waals surface area contributed by atoms with Gasteiger partial charge in [0.05, 0.1) is 14.2 Å². The van der Waals surface area contributed by atoms with Gasteiger partial charge in [-0.1, -0.05) is 6.07 Å². The Labute approximate surface area is 117 Å². The van der Waals surface area contributed by atoms with Crippen molar-refractivity contribution in [2.24, 2.45) is 0 Å². The van der Waals surface area contributed by atoms with Gasteiger partial charge in [0.15, 0.2) is 11.6 Å². The quantitative estimate of drug-likeness (QED) is 0.845. The van der Waals surface area contributed by atoms with E-state index in [4.69, 9.17) is 20.9 Å². The molecular weight excluding hydrogens is 259 g/mol. The third kappa shape index (κ3) is 2.22. The molecule has 0 atom stereocenters. The zero-order valence-electron chi connectivity index (χ0n) is 11.7. The lowest BCUT2D eigenvalue weighted by Crippen LogP contribution is -2.02. The second kappa shape index (κ2) is 5.28. The number of anilines is 2. The third-order valence-electron chi connectivity index (χ3n) is 3.30. The van der Waals surface area contributed by atoms with Crippen molar-refractivity contribution in [1.29, 1.82) is 0 Å². The van der Waals surface area contributed by atoms with Gasteiger partial charge in [-0.15, -0.1) is 0 Å². The fraction of sp³-hybridized carbons (Fsp3) is 0.200. The maximum atomic E-state index is 13.9. The van der Waals surface area contributed by atoms with E-state index in [1.54, 1.807) is 18.2 Å². The molecule has 0 saturated heterocycles. The Morgan fingerprint density at radius 1 is 1.00 bits per heavy atom. The predicted molar refractivity (Wildman–Crippen MR) is 78.5 cm³/mol. The fourth-order valence-electron chi connectivity index (χ4n) is 2.08. The zero-order valence-corrected chi connectivity index (χ0v) is 11.7. The fourth-order valence-corrected chi connectivity index (χ4v) is 2.08. The molecule has 0 aliphatic rings. The highest BCUT2D eigenvalue weighted by atomic mass is 19.1. The molecule has 0 aliphatic heterocycles. The van der Waals surface area contributed by atoms with Crippen molar-refractivity contribution in [1.82, 2.24) is 0 Å². The summed E-state index contributed by atoms with van der Waals surface area (Å²) in [4.78, 5) is 0. The SMILES string of the molecule is COc1ccc(-c2c(OC)cc(N)c(C)c2N)cc1F. The molecule has 106 valence electrons. The van der Waals surface area contributed by atoms with E-state index >= 15 is 0 Å². The summed E-state index contributed by atoms with van der Waals surface area (Å²) in [6, 6.07) is 6.33. The molecule has 0 aromatic heterocycles. The van der Waals surface area contributed by atoms with Gasteiger partial charge >= 0.3 is 0 Å². The summed E-state index contributed by atoms with van der Waals surface area (Å²) in [7, 11) is 2.94. The number of ether oxygens (including phenoxy) is 2. The Balaban J connectivity index is 2.68. The highest BCUT2D eigenvalue weighted by Crippen LogP contribution is 2.41. The van der Waals surface area contributed by atoms with Crippen LogP contribution in [-0.2, 0) is 0 Å². The molecule has 2 aromatic carbocycles. The zero-order chi connectivity index (χ0) is 14.9. The topological polar surface area (TPSA) is 70.5 Å². The molecule has 0 fully saturated rings. The minimum Gasteiger partial charge on any atom is -0.496 e. The molecule has 0 amide bonds. The second-order valence-electron chi connectivity index (χ2n) is 4.43. The summed E-state index contributed by atoms with van der Waals surface area (Å²) in [6.07, 6.45) is 0. The van der Waals surface area contributed by atoms with Gasteiger partial charge in [0, 0.05) is 23.0 Å². The standard InChI is InChI=1S/C15H17FN2O2/c1-8-11(17)7-13(20-3)14(15(8)18)9-4-5-12(19-2)10(16)6-9/h4-7H,17-18H2,1-3H3. The maximum absolute atomic E-state index is 13.9. The molecule has 4 nitrogen and oxygen atoms in total. The average Bonchev–Trinajstić information content (AvgIpc) is 2.44. The van der Waals surface area contributed by atoms with Gasteiger partial charge in [0.2, 0.25) is 0 Å². The van der Waals surface area contributed by atoms with Crippen LogP contribution in [0.25, 0.3) is 11.1 Å². The van der Waals surface area contributed by atoms with Crippen molar-refractivity contribution in [3.05, 3.63) is 35.6 Å². The number of nitrogen functional groups attached to an aromatic ring is 2. The van der Waals surface area contributed by atoms with E-state index in [1.165, 1.54) is 20.3 Å². The number of halogens is 1. The van der Waals surface area contributed by atoms with Gasteiger partial charge in [0.1, 0.15) is 5.75 Å². The van der Waals surface area contributed by atoms with E-state index in [-0.39, 0.29) is 5.75 Å². The van der Waals surface area contributed by atoms with Crippen LogP contribution in [0.15, 0.2) is 24.3 Å². The normalized spacial score (nSPS) is 10.4. The lowest BCUT2D eigenvalue weighted by atomic mass is 9.98. The number of hydrogen-bond acceptors (Lipinski definition) is 4. The summed E-state index contributed by atoms with van der Waals surface area (Å²) in [5.74, 6) is 0.231. The van der Waals surface area contributed by atoms with E-state index in [0.29, 0.717) is 28.3 Å². The highest BCUT2D eigenvalue weighted by molar-refractivity contribution is 5.87. The third-order valence-corrected chi connectivity index (χ3v) is 3.30. The van der Waals surface area contributed by atoms with Gasteiger partial charge < -0.3 is 20.9 Å². The molecule has 0 unspecified atom stereocenters. The van der Waals surface area contributed by atoms with Gasteiger partial charge in [-0.3, -0.25) is 0 Å². The minimum atomic E-state index is -0.457. The van der Waals surface area contributed by atoms with E-state index in [1.807, 2.05) is 6.92 Å². The molecular formula is C15H17FN2O2. The van der Waals surface area contributed by atoms with Crippen molar-refractivity contribution in [2.45, 2.75) is 6.92 Å².